The first-order valence-electron chi connectivity index (χ1n) is 4.84. The van der Waals surface area contributed by atoms with Gasteiger partial charge in [0.2, 0.25) is 0 Å². The van der Waals surface area contributed by atoms with Gasteiger partial charge in [0, 0.05) is 18.5 Å². The maximum atomic E-state index is 11.7. The van der Waals surface area contributed by atoms with E-state index >= 15 is 0 Å². The predicted molar refractivity (Wildman–Crippen MR) is 62.2 cm³/mol. The molecule has 2 rings (SSSR count). The number of aryl methyl sites for hydroxylation is 1. The van der Waals surface area contributed by atoms with Crippen LogP contribution in [0.3, 0.4) is 0 Å². The Balaban J connectivity index is 2.48. The Kier molecular flexibility index (Phi) is 2.87. The molecule has 0 aliphatic carbocycles. The van der Waals surface area contributed by atoms with Crippen LogP contribution in [0.25, 0.3) is 5.82 Å². The molecule has 1 radical (unpaired) electrons. The average molecular weight is 213 g/mol. The second-order valence-corrected chi connectivity index (χ2v) is 3.49. The Hall–Kier alpha value is -1.88. The molecule has 2 heterocycles. The molecule has 2 aromatic heterocycles. The van der Waals surface area contributed by atoms with E-state index in [1.165, 1.54) is 10.6 Å². The van der Waals surface area contributed by atoms with Crippen molar-refractivity contribution in [3.05, 3.63) is 52.6 Å². The standard InChI is InChI=1S/C11H10BN2O2/c1-8-2-3-10(13-7-8)14-5-4-9(12-16)6-11(14)15/h2-7,16H,1H3. The third kappa shape index (κ3) is 2.04. The van der Waals surface area contributed by atoms with E-state index in [4.69, 9.17) is 5.02 Å². The predicted octanol–water partition coefficient (Wildman–Crippen LogP) is -0.222. The van der Waals surface area contributed by atoms with E-state index in [2.05, 4.69) is 4.98 Å². The normalized spacial score (nSPS) is 10.1. The van der Waals surface area contributed by atoms with Crippen LogP contribution in [-0.4, -0.2) is 22.1 Å². The number of rotatable bonds is 2. The van der Waals surface area contributed by atoms with Gasteiger partial charge in [-0.2, -0.15) is 0 Å². The van der Waals surface area contributed by atoms with E-state index in [9.17, 15) is 4.79 Å². The average Bonchev–Trinajstić information content (AvgIpc) is 2.30. The summed E-state index contributed by atoms with van der Waals surface area (Å²) in [6.07, 6.45) is 3.29. The van der Waals surface area contributed by atoms with Gasteiger partial charge in [0.1, 0.15) is 5.82 Å². The molecule has 0 aromatic carbocycles. The second-order valence-electron chi connectivity index (χ2n) is 3.49. The number of pyridine rings is 2. The highest BCUT2D eigenvalue weighted by Crippen LogP contribution is 2.01. The molecule has 0 saturated carbocycles. The molecule has 0 amide bonds. The van der Waals surface area contributed by atoms with Crippen LogP contribution in [0.5, 0.6) is 0 Å². The molecule has 0 fully saturated rings. The monoisotopic (exact) mass is 213 g/mol. The largest absolute Gasteiger partial charge is 0.450 e. The second kappa shape index (κ2) is 4.32. The van der Waals surface area contributed by atoms with Gasteiger partial charge in [-0.1, -0.05) is 6.07 Å². The Labute approximate surface area is 93.5 Å². The van der Waals surface area contributed by atoms with Gasteiger partial charge < -0.3 is 5.02 Å². The van der Waals surface area contributed by atoms with Gasteiger partial charge in [-0.25, -0.2) is 4.98 Å². The van der Waals surface area contributed by atoms with Crippen LogP contribution in [0, 0.1) is 6.92 Å². The highest BCUT2D eigenvalue weighted by Gasteiger charge is 2.02. The van der Waals surface area contributed by atoms with Gasteiger partial charge in [-0.15, -0.1) is 0 Å². The third-order valence-electron chi connectivity index (χ3n) is 2.24. The maximum absolute atomic E-state index is 11.7. The summed E-state index contributed by atoms with van der Waals surface area (Å²) in [7, 11) is 0.897. The molecule has 0 aliphatic rings. The van der Waals surface area contributed by atoms with Crippen molar-refractivity contribution in [2.24, 2.45) is 0 Å². The van der Waals surface area contributed by atoms with Crippen LogP contribution in [-0.2, 0) is 0 Å². The minimum absolute atomic E-state index is 0.223. The summed E-state index contributed by atoms with van der Waals surface area (Å²) in [5.41, 5.74) is 1.30. The minimum atomic E-state index is -0.223. The first-order valence-corrected chi connectivity index (χ1v) is 4.84. The van der Waals surface area contributed by atoms with Crippen LogP contribution in [0.4, 0.5) is 0 Å². The van der Waals surface area contributed by atoms with Crippen molar-refractivity contribution < 1.29 is 5.02 Å². The fourth-order valence-corrected chi connectivity index (χ4v) is 1.37. The Morgan fingerprint density at radius 1 is 1.38 bits per heavy atom. The summed E-state index contributed by atoms with van der Waals surface area (Å²) in [6.45, 7) is 1.93. The Bertz CT molecular complexity index is 549. The molecule has 79 valence electrons. The van der Waals surface area contributed by atoms with Crippen molar-refractivity contribution in [2.45, 2.75) is 6.92 Å². The lowest BCUT2D eigenvalue weighted by atomic mass is 9.90. The molecular weight excluding hydrogens is 203 g/mol. The number of hydrogen-bond acceptors (Lipinski definition) is 3. The summed E-state index contributed by atoms with van der Waals surface area (Å²) < 4.78 is 1.42. The van der Waals surface area contributed by atoms with Crippen LogP contribution in [0.2, 0.25) is 0 Å². The molecule has 0 saturated heterocycles. The number of aromatic nitrogens is 2. The van der Waals surface area contributed by atoms with Crippen molar-refractivity contribution in [2.75, 3.05) is 0 Å². The molecule has 4 nitrogen and oxygen atoms in total. The summed E-state index contributed by atoms with van der Waals surface area (Å²) in [5.74, 6) is 0.570. The first kappa shape index (κ1) is 10.6. The van der Waals surface area contributed by atoms with Crippen molar-refractivity contribution >= 4 is 12.9 Å². The SMILES string of the molecule is Cc1ccc(-n2ccc([B]O)cc2=O)nc1. The van der Waals surface area contributed by atoms with Gasteiger partial charge in [-0.3, -0.25) is 9.36 Å². The van der Waals surface area contributed by atoms with Gasteiger partial charge in [0.25, 0.3) is 5.56 Å². The Morgan fingerprint density at radius 2 is 2.19 bits per heavy atom. The van der Waals surface area contributed by atoms with Crippen molar-refractivity contribution in [3.8, 4) is 5.82 Å². The zero-order valence-electron chi connectivity index (χ0n) is 8.79. The van der Waals surface area contributed by atoms with Gasteiger partial charge in [0.15, 0.2) is 0 Å². The molecule has 0 spiro atoms. The van der Waals surface area contributed by atoms with Crippen molar-refractivity contribution in [3.63, 3.8) is 0 Å². The molecule has 16 heavy (non-hydrogen) atoms. The van der Waals surface area contributed by atoms with Gasteiger partial charge in [-0.05, 0) is 30.1 Å². The lowest BCUT2D eigenvalue weighted by Crippen LogP contribution is -2.26. The Morgan fingerprint density at radius 3 is 2.75 bits per heavy atom. The van der Waals surface area contributed by atoms with E-state index in [1.807, 2.05) is 13.0 Å². The van der Waals surface area contributed by atoms with E-state index < -0.39 is 0 Å². The summed E-state index contributed by atoms with van der Waals surface area (Å²) >= 11 is 0. The lowest BCUT2D eigenvalue weighted by Gasteiger charge is -2.04. The molecule has 0 unspecified atom stereocenters. The molecule has 0 bridgehead atoms. The number of hydrogen-bond donors (Lipinski definition) is 1. The topological polar surface area (TPSA) is 55.1 Å². The van der Waals surface area contributed by atoms with Gasteiger partial charge >= 0.3 is 7.48 Å². The van der Waals surface area contributed by atoms with Crippen LogP contribution in [0.15, 0.2) is 41.5 Å². The number of nitrogens with zero attached hydrogens (tertiary/aromatic N) is 2. The van der Waals surface area contributed by atoms with E-state index in [0.29, 0.717) is 11.3 Å². The third-order valence-corrected chi connectivity index (χ3v) is 2.24. The minimum Gasteiger partial charge on any atom is -0.450 e. The quantitative estimate of drug-likeness (QED) is 0.701. The highest BCUT2D eigenvalue weighted by molar-refractivity contribution is 6.45. The lowest BCUT2D eigenvalue weighted by molar-refractivity contribution is 0.615. The van der Waals surface area contributed by atoms with E-state index in [0.717, 1.165) is 13.0 Å². The van der Waals surface area contributed by atoms with E-state index in [-0.39, 0.29) is 5.56 Å². The summed E-state index contributed by atoms with van der Waals surface area (Å²) in [4.78, 5) is 15.8. The zero-order chi connectivity index (χ0) is 11.5. The van der Waals surface area contributed by atoms with E-state index in [1.54, 1.807) is 24.5 Å². The molecule has 2 aromatic rings. The first-order chi connectivity index (χ1) is 7.70. The molecule has 0 atom stereocenters. The van der Waals surface area contributed by atoms with Crippen LogP contribution >= 0.6 is 0 Å². The van der Waals surface area contributed by atoms with Crippen LogP contribution < -0.4 is 11.0 Å². The maximum Gasteiger partial charge on any atom is 0.326 e. The smallest absolute Gasteiger partial charge is 0.326 e. The highest BCUT2D eigenvalue weighted by atomic mass is 16.2. The van der Waals surface area contributed by atoms with Gasteiger partial charge in [0.05, 0.1) is 0 Å². The molecule has 5 heteroatoms. The summed E-state index contributed by atoms with van der Waals surface area (Å²) in [6, 6.07) is 6.66. The zero-order valence-corrected chi connectivity index (χ0v) is 8.79. The molecule has 0 aliphatic heterocycles. The fourth-order valence-electron chi connectivity index (χ4n) is 1.37. The molecule has 1 N–H and O–H groups in total. The van der Waals surface area contributed by atoms with Crippen LogP contribution in [0.1, 0.15) is 5.56 Å². The van der Waals surface area contributed by atoms with Crippen molar-refractivity contribution in [1.82, 2.24) is 9.55 Å². The fraction of sp³-hybridized carbons (Fsp3) is 0.0909. The van der Waals surface area contributed by atoms with Crippen molar-refractivity contribution in [1.29, 1.82) is 0 Å². The molecular formula is C11H10BN2O2. The summed E-state index contributed by atoms with van der Waals surface area (Å²) in [5, 5.41) is 8.77.